The number of nitrogens with two attached hydrogens (primary N) is 1. The first kappa shape index (κ1) is 11.1. The lowest BCUT2D eigenvalue weighted by Crippen LogP contribution is -2.39. The zero-order valence-corrected chi connectivity index (χ0v) is 9.85. The van der Waals surface area contributed by atoms with Crippen molar-refractivity contribution in [2.45, 2.75) is 37.6 Å². The van der Waals surface area contributed by atoms with Crippen LogP contribution in [0.5, 0.6) is 0 Å². The van der Waals surface area contributed by atoms with Gasteiger partial charge in [-0.05, 0) is 18.9 Å². The summed E-state index contributed by atoms with van der Waals surface area (Å²) >= 11 is 11.8. The van der Waals surface area contributed by atoms with E-state index < -0.39 is 0 Å². The van der Waals surface area contributed by atoms with Gasteiger partial charge in [0.05, 0.1) is 0 Å². The van der Waals surface area contributed by atoms with Crippen LogP contribution in [0.3, 0.4) is 0 Å². The molecule has 82 valence electrons. The highest BCUT2D eigenvalue weighted by atomic mass is 35.5. The average Bonchev–Trinajstić information content (AvgIpc) is 2.23. The largest absolute Gasteiger partial charge is 0.321 e. The van der Waals surface area contributed by atoms with Crippen molar-refractivity contribution in [3.63, 3.8) is 0 Å². The van der Waals surface area contributed by atoms with E-state index in [1.807, 2.05) is 0 Å². The van der Waals surface area contributed by atoms with Crippen molar-refractivity contribution >= 4 is 23.2 Å². The Labute approximate surface area is 99.0 Å². The van der Waals surface area contributed by atoms with Crippen LogP contribution in [0.1, 0.15) is 37.7 Å². The SMILES string of the molecule is NC1(c2cc(Cl)nnc2Cl)CCCCC1. The van der Waals surface area contributed by atoms with E-state index in [2.05, 4.69) is 10.2 Å². The first-order chi connectivity index (χ1) is 7.12. The molecule has 1 aliphatic rings. The number of rotatable bonds is 1. The Morgan fingerprint density at radius 3 is 2.47 bits per heavy atom. The summed E-state index contributed by atoms with van der Waals surface area (Å²) in [6, 6.07) is 1.74. The van der Waals surface area contributed by atoms with Crippen LogP contribution in [0.2, 0.25) is 10.3 Å². The summed E-state index contributed by atoms with van der Waals surface area (Å²) in [6.07, 6.45) is 5.38. The van der Waals surface area contributed by atoms with Crippen molar-refractivity contribution in [1.29, 1.82) is 0 Å². The summed E-state index contributed by atoms with van der Waals surface area (Å²) in [5, 5.41) is 8.23. The fourth-order valence-corrected chi connectivity index (χ4v) is 2.58. The lowest BCUT2D eigenvalue weighted by atomic mass is 9.78. The molecular formula is C10H13Cl2N3. The van der Waals surface area contributed by atoms with Crippen LogP contribution in [0.15, 0.2) is 6.07 Å². The fraction of sp³-hybridized carbons (Fsp3) is 0.600. The maximum absolute atomic E-state index is 6.34. The van der Waals surface area contributed by atoms with Crippen LogP contribution in [-0.2, 0) is 5.54 Å². The highest BCUT2D eigenvalue weighted by Gasteiger charge is 2.32. The molecule has 2 rings (SSSR count). The van der Waals surface area contributed by atoms with Gasteiger partial charge >= 0.3 is 0 Å². The Kier molecular flexibility index (Phi) is 3.14. The molecule has 2 N–H and O–H groups in total. The molecule has 0 radical (unpaired) electrons. The number of hydrogen-bond donors (Lipinski definition) is 1. The van der Waals surface area contributed by atoms with Gasteiger partial charge in [-0.3, -0.25) is 0 Å². The molecule has 1 fully saturated rings. The normalized spacial score (nSPS) is 20.2. The monoisotopic (exact) mass is 245 g/mol. The molecule has 1 heterocycles. The third-order valence-corrected chi connectivity index (χ3v) is 3.47. The van der Waals surface area contributed by atoms with Crippen molar-refractivity contribution in [3.05, 3.63) is 21.9 Å². The quantitative estimate of drug-likeness (QED) is 0.828. The summed E-state index contributed by atoms with van der Waals surface area (Å²) in [7, 11) is 0. The molecule has 0 aliphatic heterocycles. The maximum Gasteiger partial charge on any atom is 0.156 e. The van der Waals surface area contributed by atoms with Gasteiger partial charge in [-0.1, -0.05) is 42.5 Å². The first-order valence-corrected chi connectivity index (χ1v) is 5.85. The van der Waals surface area contributed by atoms with Gasteiger partial charge in [-0.2, -0.15) is 0 Å². The van der Waals surface area contributed by atoms with E-state index in [9.17, 15) is 0 Å². The second kappa shape index (κ2) is 4.24. The van der Waals surface area contributed by atoms with Gasteiger partial charge in [-0.15, -0.1) is 10.2 Å². The van der Waals surface area contributed by atoms with Gasteiger partial charge in [0, 0.05) is 11.1 Å². The Balaban J connectivity index is 2.38. The van der Waals surface area contributed by atoms with Crippen LogP contribution in [0, 0.1) is 0 Å². The van der Waals surface area contributed by atoms with Crippen LogP contribution >= 0.6 is 23.2 Å². The molecule has 1 aromatic heterocycles. The van der Waals surface area contributed by atoms with Crippen molar-refractivity contribution < 1.29 is 0 Å². The molecule has 1 aromatic rings. The van der Waals surface area contributed by atoms with E-state index in [-0.39, 0.29) is 5.54 Å². The summed E-state index contributed by atoms with van der Waals surface area (Å²) in [5.74, 6) is 0. The zero-order valence-electron chi connectivity index (χ0n) is 8.34. The van der Waals surface area contributed by atoms with E-state index in [1.165, 1.54) is 6.42 Å². The molecule has 0 atom stereocenters. The third kappa shape index (κ3) is 2.25. The molecule has 0 spiro atoms. The van der Waals surface area contributed by atoms with Gasteiger partial charge in [-0.25, -0.2) is 0 Å². The van der Waals surface area contributed by atoms with E-state index >= 15 is 0 Å². The molecule has 3 nitrogen and oxygen atoms in total. The lowest BCUT2D eigenvalue weighted by molar-refractivity contribution is 0.301. The summed E-state index contributed by atoms with van der Waals surface area (Å²) in [5.41, 5.74) is 6.81. The molecule has 0 unspecified atom stereocenters. The van der Waals surface area contributed by atoms with Crippen LogP contribution in [-0.4, -0.2) is 10.2 Å². The lowest BCUT2D eigenvalue weighted by Gasteiger charge is -2.33. The van der Waals surface area contributed by atoms with Crippen molar-refractivity contribution in [1.82, 2.24) is 10.2 Å². The zero-order chi connectivity index (χ0) is 10.9. The molecule has 1 saturated carbocycles. The molecule has 15 heavy (non-hydrogen) atoms. The van der Waals surface area contributed by atoms with Crippen molar-refractivity contribution in [2.24, 2.45) is 5.73 Å². The van der Waals surface area contributed by atoms with Gasteiger partial charge in [0.25, 0.3) is 0 Å². The summed E-state index contributed by atoms with van der Waals surface area (Å²) in [6.45, 7) is 0. The number of halogens is 2. The molecule has 0 amide bonds. The van der Waals surface area contributed by atoms with Gasteiger partial charge in [0.2, 0.25) is 0 Å². The van der Waals surface area contributed by atoms with E-state index in [0.717, 1.165) is 31.2 Å². The topological polar surface area (TPSA) is 51.8 Å². The molecular weight excluding hydrogens is 233 g/mol. The first-order valence-electron chi connectivity index (χ1n) is 5.10. The standard InChI is InChI=1S/C10H13Cl2N3/c11-8-6-7(9(12)15-14-8)10(13)4-2-1-3-5-10/h6H,1-5,13H2. The van der Waals surface area contributed by atoms with Crippen molar-refractivity contribution in [3.8, 4) is 0 Å². The molecule has 0 aromatic carbocycles. The summed E-state index contributed by atoms with van der Waals surface area (Å²) in [4.78, 5) is 0. The Morgan fingerprint density at radius 2 is 1.80 bits per heavy atom. The Morgan fingerprint density at radius 1 is 1.13 bits per heavy atom. The van der Waals surface area contributed by atoms with E-state index in [0.29, 0.717) is 10.3 Å². The Bertz CT molecular complexity index is 362. The minimum absolute atomic E-state index is 0.352. The average molecular weight is 246 g/mol. The predicted octanol–water partition coefficient (Wildman–Crippen LogP) is 2.90. The molecule has 5 heteroatoms. The van der Waals surface area contributed by atoms with Gasteiger partial charge in [0.1, 0.15) is 0 Å². The predicted molar refractivity (Wildman–Crippen MR) is 61.0 cm³/mol. The minimum atomic E-state index is -0.366. The van der Waals surface area contributed by atoms with Gasteiger partial charge in [0.15, 0.2) is 10.3 Å². The number of aromatic nitrogens is 2. The molecule has 1 aliphatic carbocycles. The summed E-state index contributed by atoms with van der Waals surface area (Å²) < 4.78 is 0. The Hall–Kier alpha value is -0.380. The number of nitrogens with zero attached hydrogens (tertiary/aromatic N) is 2. The smallest absolute Gasteiger partial charge is 0.156 e. The van der Waals surface area contributed by atoms with Crippen LogP contribution in [0.4, 0.5) is 0 Å². The minimum Gasteiger partial charge on any atom is -0.321 e. The van der Waals surface area contributed by atoms with Crippen molar-refractivity contribution in [2.75, 3.05) is 0 Å². The highest BCUT2D eigenvalue weighted by molar-refractivity contribution is 6.31. The second-order valence-electron chi connectivity index (χ2n) is 4.09. The van der Waals surface area contributed by atoms with Gasteiger partial charge < -0.3 is 5.73 Å². The van der Waals surface area contributed by atoms with Crippen LogP contribution < -0.4 is 5.73 Å². The number of hydrogen-bond acceptors (Lipinski definition) is 3. The second-order valence-corrected chi connectivity index (χ2v) is 4.83. The van der Waals surface area contributed by atoms with E-state index in [1.54, 1.807) is 6.07 Å². The molecule has 0 bridgehead atoms. The van der Waals surface area contributed by atoms with E-state index in [4.69, 9.17) is 28.9 Å². The highest BCUT2D eigenvalue weighted by Crippen LogP contribution is 2.37. The maximum atomic E-state index is 6.34. The van der Waals surface area contributed by atoms with Crippen LogP contribution in [0.25, 0.3) is 0 Å². The fourth-order valence-electron chi connectivity index (χ4n) is 2.15. The third-order valence-electron chi connectivity index (χ3n) is 3.00. The molecule has 0 saturated heterocycles.